The molecule has 0 aliphatic heterocycles. The minimum atomic E-state index is -0.584. The molecule has 0 radical (unpaired) electrons. The molecule has 0 aliphatic rings. The van der Waals surface area contributed by atoms with Gasteiger partial charge in [0.25, 0.3) is 5.89 Å². The molecule has 3 aromatic rings. The first kappa shape index (κ1) is 15.5. The van der Waals surface area contributed by atoms with Crippen molar-refractivity contribution in [3.63, 3.8) is 0 Å². The lowest BCUT2D eigenvalue weighted by atomic mass is 10.3. The van der Waals surface area contributed by atoms with Crippen molar-refractivity contribution in [2.75, 3.05) is 5.32 Å². The molecule has 0 spiro atoms. The molecule has 6 nitrogen and oxygen atoms in total. The second-order valence-electron chi connectivity index (χ2n) is 4.65. The fourth-order valence-electron chi connectivity index (χ4n) is 1.93. The largest absolute Gasteiger partial charge is 0.437 e. The van der Waals surface area contributed by atoms with E-state index < -0.39 is 5.76 Å². The van der Waals surface area contributed by atoms with Crippen LogP contribution >= 0.6 is 22.9 Å². The van der Waals surface area contributed by atoms with Crippen LogP contribution in [-0.4, -0.2) is 15.7 Å². The summed E-state index contributed by atoms with van der Waals surface area (Å²) in [4.78, 5) is 24.5. The van der Waals surface area contributed by atoms with Crippen LogP contribution in [0.3, 0.4) is 0 Å². The second kappa shape index (κ2) is 6.80. The number of aromatic nitrogens is 2. The smallest absolute Gasteiger partial charge is 0.387 e. The first-order chi connectivity index (χ1) is 11.1. The molecule has 8 heteroatoms. The van der Waals surface area contributed by atoms with Crippen molar-refractivity contribution in [3.05, 3.63) is 57.4 Å². The Morgan fingerprint density at radius 3 is 2.87 bits per heavy atom. The van der Waals surface area contributed by atoms with E-state index in [9.17, 15) is 9.59 Å². The number of carbonyl (C=O) groups excluding carboxylic acids is 1. The summed E-state index contributed by atoms with van der Waals surface area (Å²) < 4.78 is 6.22. The number of halogens is 1. The van der Waals surface area contributed by atoms with Gasteiger partial charge in [0.05, 0.1) is 22.1 Å². The van der Waals surface area contributed by atoms with Crippen molar-refractivity contribution >= 4 is 34.5 Å². The number of hydrogen-bond acceptors (Lipinski definition) is 5. The van der Waals surface area contributed by atoms with Crippen LogP contribution in [0.4, 0.5) is 5.69 Å². The van der Waals surface area contributed by atoms with Crippen LogP contribution in [0.15, 0.2) is 51.0 Å². The van der Waals surface area contributed by atoms with Crippen LogP contribution in [0.25, 0.3) is 10.8 Å². The minimum Gasteiger partial charge on any atom is -0.387 e. The molecule has 2 aromatic heterocycles. The van der Waals surface area contributed by atoms with Crippen LogP contribution in [0, 0.1) is 0 Å². The number of carbonyl (C=O) groups is 1. The third-order valence-corrected chi connectivity index (χ3v) is 4.22. The summed E-state index contributed by atoms with van der Waals surface area (Å²) in [6.07, 6.45) is 0.0849. The van der Waals surface area contributed by atoms with Gasteiger partial charge < -0.3 is 9.73 Å². The highest BCUT2D eigenvalue weighted by Gasteiger charge is 2.12. The molecule has 0 saturated carbocycles. The van der Waals surface area contributed by atoms with E-state index in [4.69, 9.17) is 16.0 Å². The van der Waals surface area contributed by atoms with Crippen LogP contribution in [0.1, 0.15) is 6.42 Å². The van der Waals surface area contributed by atoms with Gasteiger partial charge in [-0.1, -0.05) is 29.8 Å². The van der Waals surface area contributed by atoms with Crippen molar-refractivity contribution in [1.82, 2.24) is 9.78 Å². The monoisotopic (exact) mass is 349 g/mol. The normalized spacial score (nSPS) is 10.7. The van der Waals surface area contributed by atoms with Crippen LogP contribution in [-0.2, 0) is 11.3 Å². The van der Waals surface area contributed by atoms with Crippen molar-refractivity contribution in [3.8, 4) is 10.8 Å². The summed E-state index contributed by atoms with van der Waals surface area (Å²) in [7, 11) is 0. The minimum absolute atomic E-state index is 0.0849. The summed E-state index contributed by atoms with van der Waals surface area (Å²) in [5, 5.41) is 9.11. The average Bonchev–Trinajstić information content (AvgIpc) is 3.17. The summed E-state index contributed by atoms with van der Waals surface area (Å²) in [5.74, 6) is -0.582. The Kier molecular flexibility index (Phi) is 4.59. The Morgan fingerprint density at radius 1 is 1.30 bits per heavy atom. The second-order valence-corrected chi connectivity index (χ2v) is 6.01. The van der Waals surface area contributed by atoms with Gasteiger partial charge in [-0.3, -0.25) is 4.79 Å². The van der Waals surface area contributed by atoms with E-state index in [0.29, 0.717) is 10.7 Å². The summed E-state index contributed by atoms with van der Waals surface area (Å²) in [5.41, 5.74) is 0.533. The van der Waals surface area contributed by atoms with Gasteiger partial charge >= 0.3 is 5.76 Å². The van der Waals surface area contributed by atoms with Crippen LogP contribution in [0.2, 0.25) is 5.02 Å². The van der Waals surface area contributed by atoms with Crippen LogP contribution in [0.5, 0.6) is 0 Å². The fourth-order valence-corrected chi connectivity index (χ4v) is 2.76. The molecule has 0 atom stereocenters. The Labute approximate surface area is 140 Å². The van der Waals surface area contributed by atoms with Gasteiger partial charge in [0.1, 0.15) is 0 Å². The van der Waals surface area contributed by atoms with E-state index in [1.54, 1.807) is 24.3 Å². The molecule has 3 rings (SSSR count). The molecular formula is C15H12ClN3O3S. The lowest BCUT2D eigenvalue weighted by molar-refractivity contribution is -0.116. The maximum atomic E-state index is 11.9. The number of anilines is 1. The molecule has 2 heterocycles. The molecule has 1 amide bonds. The average molecular weight is 350 g/mol. The third kappa shape index (κ3) is 3.69. The zero-order valence-corrected chi connectivity index (χ0v) is 13.4. The number of hydrogen-bond donors (Lipinski definition) is 1. The first-order valence-corrected chi connectivity index (χ1v) is 8.05. The van der Waals surface area contributed by atoms with E-state index in [0.717, 1.165) is 9.56 Å². The quantitative estimate of drug-likeness (QED) is 0.767. The van der Waals surface area contributed by atoms with Crippen LogP contribution < -0.4 is 11.1 Å². The van der Waals surface area contributed by atoms with Crippen molar-refractivity contribution in [2.45, 2.75) is 13.0 Å². The van der Waals surface area contributed by atoms with E-state index in [2.05, 4.69) is 10.4 Å². The number of nitrogens with one attached hydrogen (secondary N) is 1. The summed E-state index contributed by atoms with van der Waals surface area (Å²) in [6.45, 7) is 0.129. The number of nitrogens with zero attached hydrogens (tertiary/aromatic N) is 2. The van der Waals surface area contributed by atoms with Gasteiger partial charge in [-0.2, -0.15) is 4.68 Å². The van der Waals surface area contributed by atoms with E-state index in [-0.39, 0.29) is 24.8 Å². The SMILES string of the molecule is O=C(CCn1nc(-c2cccs2)oc1=O)Nc1ccccc1Cl. The highest BCUT2D eigenvalue weighted by molar-refractivity contribution is 7.13. The number of thiophene rings is 1. The molecule has 0 bridgehead atoms. The molecule has 23 heavy (non-hydrogen) atoms. The zero-order valence-electron chi connectivity index (χ0n) is 11.9. The van der Waals surface area contributed by atoms with Gasteiger partial charge in [0, 0.05) is 6.42 Å². The molecule has 1 aromatic carbocycles. The van der Waals surface area contributed by atoms with Crippen molar-refractivity contribution in [2.24, 2.45) is 0 Å². The van der Waals surface area contributed by atoms with Gasteiger partial charge in [0.2, 0.25) is 5.91 Å². The molecule has 0 saturated heterocycles. The lowest BCUT2D eigenvalue weighted by Crippen LogP contribution is -2.21. The molecule has 0 fully saturated rings. The predicted octanol–water partition coefficient (Wildman–Crippen LogP) is 3.25. The summed E-state index contributed by atoms with van der Waals surface area (Å²) in [6, 6.07) is 10.6. The Balaban J connectivity index is 1.63. The van der Waals surface area contributed by atoms with Gasteiger partial charge in [-0.15, -0.1) is 16.4 Å². The maximum Gasteiger partial charge on any atom is 0.437 e. The molecular weight excluding hydrogens is 338 g/mol. The van der Waals surface area contributed by atoms with E-state index in [1.165, 1.54) is 11.3 Å². The zero-order chi connectivity index (χ0) is 16.2. The molecule has 118 valence electrons. The predicted molar refractivity (Wildman–Crippen MR) is 88.8 cm³/mol. The van der Waals surface area contributed by atoms with Crippen molar-refractivity contribution in [1.29, 1.82) is 0 Å². The number of benzene rings is 1. The fraction of sp³-hybridized carbons (Fsp3) is 0.133. The highest BCUT2D eigenvalue weighted by atomic mass is 35.5. The highest BCUT2D eigenvalue weighted by Crippen LogP contribution is 2.22. The van der Waals surface area contributed by atoms with E-state index in [1.807, 2.05) is 17.5 Å². The number of amides is 1. The van der Waals surface area contributed by atoms with Gasteiger partial charge in [-0.05, 0) is 23.6 Å². The van der Waals surface area contributed by atoms with Gasteiger partial charge in [-0.25, -0.2) is 4.79 Å². The van der Waals surface area contributed by atoms with Gasteiger partial charge in [0.15, 0.2) is 0 Å². The topological polar surface area (TPSA) is 77.1 Å². The molecule has 1 N–H and O–H groups in total. The number of rotatable bonds is 5. The Morgan fingerprint density at radius 2 is 2.13 bits per heavy atom. The third-order valence-electron chi connectivity index (χ3n) is 3.04. The number of para-hydroxylation sites is 1. The Hall–Kier alpha value is -2.38. The maximum absolute atomic E-state index is 11.9. The first-order valence-electron chi connectivity index (χ1n) is 6.79. The van der Waals surface area contributed by atoms with E-state index >= 15 is 0 Å². The van der Waals surface area contributed by atoms with Crippen molar-refractivity contribution < 1.29 is 9.21 Å². The number of aryl methyl sites for hydroxylation is 1. The standard InChI is InChI=1S/C15H12ClN3O3S/c16-10-4-1-2-5-11(10)17-13(20)7-8-19-15(21)22-14(18-19)12-6-3-9-23-12/h1-6,9H,7-8H2,(H,17,20). The molecule has 0 aliphatic carbocycles. The summed E-state index contributed by atoms with van der Waals surface area (Å²) >= 11 is 7.40. The Bertz CT molecular complexity index is 870. The molecule has 0 unspecified atom stereocenters. The lowest BCUT2D eigenvalue weighted by Gasteiger charge is -2.06.